The molecule has 2 atom stereocenters. The second kappa shape index (κ2) is 14.9. The fraction of sp³-hybridized carbons (Fsp3) is 0.242. The summed E-state index contributed by atoms with van der Waals surface area (Å²) >= 11 is 2.12. The number of aromatic hydroxyl groups is 2. The molecule has 1 fully saturated rings. The molecule has 2 aromatic carbocycles. The van der Waals surface area contributed by atoms with E-state index in [1.807, 2.05) is 30.3 Å². The third-order valence-electron chi connectivity index (χ3n) is 8.14. The van der Waals surface area contributed by atoms with Crippen LogP contribution in [0.3, 0.4) is 0 Å². The monoisotopic (exact) mass is 777 g/mol. The van der Waals surface area contributed by atoms with Crippen LogP contribution in [0.15, 0.2) is 64.3 Å². The molecule has 0 spiro atoms. The van der Waals surface area contributed by atoms with Crippen LogP contribution in [-0.2, 0) is 30.6 Å². The van der Waals surface area contributed by atoms with E-state index >= 15 is 0 Å². The van der Waals surface area contributed by atoms with Gasteiger partial charge in [0.05, 0.1) is 11.0 Å². The van der Waals surface area contributed by atoms with Gasteiger partial charge in [0.2, 0.25) is 5.60 Å². The lowest BCUT2D eigenvalue weighted by molar-refractivity contribution is -0.161. The number of anilines is 2. The van der Waals surface area contributed by atoms with Gasteiger partial charge in [0.1, 0.15) is 22.8 Å². The Morgan fingerprint density at radius 3 is 2.35 bits per heavy atom. The van der Waals surface area contributed by atoms with Crippen molar-refractivity contribution in [1.82, 2.24) is 30.5 Å². The smallest absolute Gasteiger partial charge is 0.352 e. The van der Waals surface area contributed by atoms with Crippen molar-refractivity contribution in [3.63, 3.8) is 0 Å². The first-order chi connectivity index (χ1) is 25.6. The largest absolute Gasteiger partial charge is 0.504 e. The minimum atomic E-state index is -1.82. The second-order valence-corrected chi connectivity index (χ2v) is 14.3. The third-order valence-corrected chi connectivity index (χ3v) is 10.2. The van der Waals surface area contributed by atoms with Crippen molar-refractivity contribution in [1.29, 1.82) is 0 Å². The number of carbonyl (C=O) groups excluding carboxylic acids is 3. The van der Waals surface area contributed by atoms with Crippen LogP contribution in [0, 0.1) is 0 Å². The number of thioether (sulfide) groups is 1. The number of benzene rings is 2. The second-order valence-electron chi connectivity index (χ2n) is 12.3. The first-order valence-corrected chi connectivity index (χ1v) is 17.8. The zero-order chi connectivity index (χ0) is 38.9. The number of nitrogen functional groups attached to an aromatic ring is 1. The van der Waals surface area contributed by atoms with Gasteiger partial charge in [-0.25, -0.2) is 24.5 Å². The number of phenolic OH excluding ortho intramolecular Hbond substituents is 2. The molecule has 2 aliphatic rings. The van der Waals surface area contributed by atoms with Crippen molar-refractivity contribution in [2.24, 2.45) is 5.16 Å². The standard InChI is InChI=1S/C33H31N9O10S2/c1-33(2,31(50)51)52-41-21(18-13-54-32(34)39-18)27(46)40-23-28(47)42-24(30(48)49)15(12-53-29(23)42)11-36-26(45)22-25(35-10-14-6-4-3-5-7-14)38-17-9-20(44)19(43)8-16(17)37-22/h3-9,13,23,29,43-44H,10-12H2,1-2H3,(H2,34,39)(H,35,38)(H,36,45)(H,40,46)(H,48,49)(H,50,51)/b41-21-/t23?,29-/m1/s1. The van der Waals surface area contributed by atoms with E-state index in [9.17, 15) is 44.4 Å². The van der Waals surface area contributed by atoms with Crippen LogP contribution >= 0.6 is 23.1 Å². The van der Waals surface area contributed by atoms with Crippen molar-refractivity contribution in [2.45, 2.75) is 37.4 Å². The van der Waals surface area contributed by atoms with Gasteiger partial charge < -0.3 is 46.9 Å². The first-order valence-electron chi connectivity index (χ1n) is 15.9. The highest BCUT2D eigenvalue weighted by atomic mass is 32.2. The van der Waals surface area contributed by atoms with Crippen LogP contribution in [0.25, 0.3) is 11.0 Å². The maximum atomic E-state index is 13.6. The van der Waals surface area contributed by atoms with Gasteiger partial charge in [-0.1, -0.05) is 35.5 Å². The number of carboxylic acid groups (broad SMARTS) is 2. The van der Waals surface area contributed by atoms with E-state index in [1.165, 1.54) is 25.3 Å². The van der Waals surface area contributed by atoms with E-state index in [4.69, 9.17) is 10.6 Å². The molecule has 0 bridgehead atoms. The molecule has 2 aromatic heterocycles. The van der Waals surface area contributed by atoms with Gasteiger partial charge in [-0.3, -0.25) is 19.3 Å². The van der Waals surface area contributed by atoms with E-state index in [0.29, 0.717) is 0 Å². The Bertz CT molecular complexity index is 2260. The van der Waals surface area contributed by atoms with Crippen LogP contribution in [0.5, 0.6) is 11.5 Å². The normalized spacial score (nSPS) is 17.0. The van der Waals surface area contributed by atoms with Gasteiger partial charge in [-0.15, -0.1) is 23.1 Å². The van der Waals surface area contributed by atoms with E-state index in [1.54, 1.807) is 0 Å². The van der Waals surface area contributed by atoms with E-state index in [0.717, 1.165) is 39.6 Å². The van der Waals surface area contributed by atoms with Crippen molar-refractivity contribution in [3.05, 3.63) is 76.1 Å². The summed E-state index contributed by atoms with van der Waals surface area (Å²) in [6, 6.07) is 10.4. The number of amides is 3. The number of nitrogens with zero attached hydrogens (tertiary/aromatic N) is 5. The van der Waals surface area contributed by atoms with Crippen molar-refractivity contribution >= 4 is 80.5 Å². The SMILES string of the molecule is CC(C)(O/N=C(\C(=O)NC1C(=O)N2C(C(=O)O)=C(CNC(=O)c3nc4cc(O)c(O)cc4nc3NCc3ccccc3)CS[C@H]12)c1csc(N)n1)C(=O)O. The van der Waals surface area contributed by atoms with Crippen LogP contribution in [0.4, 0.5) is 10.9 Å². The molecule has 3 amide bonds. The van der Waals surface area contributed by atoms with Crippen LogP contribution < -0.4 is 21.7 Å². The van der Waals surface area contributed by atoms with E-state index < -0.39 is 63.9 Å². The fourth-order valence-corrected chi connectivity index (χ4v) is 7.14. The zero-order valence-electron chi connectivity index (χ0n) is 28.3. The lowest BCUT2D eigenvalue weighted by atomic mass is 10.0. The molecule has 0 aliphatic carbocycles. The van der Waals surface area contributed by atoms with Crippen molar-refractivity contribution in [2.75, 3.05) is 23.3 Å². The number of oxime groups is 1. The predicted molar refractivity (Wildman–Crippen MR) is 195 cm³/mol. The molecule has 4 heterocycles. The Kier molecular flexibility index (Phi) is 10.3. The van der Waals surface area contributed by atoms with Gasteiger partial charge in [0.15, 0.2) is 33.9 Å². The molecule has 4 aromatic rings. The molecule has 280 valence electrons. The fourth-order valence-electron chi connectivity index (χ4n) is 5.24. The lowest BCUT2D eigenvalue weighted by Crippen LogP contribution is -2.71. The van der Waals surface area contributed by atoms with Gasteiger partial charge in [0.25, 0.3) is 17.7 Å². The molecule has 6 rings (SSSR count). The van der Waals surface area contributed by atoms with Crippen LogP contribution in [0.2, 0.25) is 0 Å². The number of β-lactam (4-membered cyclic amide) rings is 1. The van der Waals surface area contributed by atoms with E-state index in [-0.39, 0.29) is 63.5 Å². The number of carboxylic acids is 2. The number of phenols is 2. The van der Waals surface area contributed by atoms with E-state index in [2.05, 4.69) is 36.1 Å². The Morgan fingerprint density at radius 2 is 1.72 bits per heavy atom. The third kappa shape index (κ3) is 7.52. The molecule has 54 heavy (non-hydrogen) atoms. The zero-order valence-corrected chi connectivity index (χ0v) is 29.9. The maximum Gasteiger partial charge on any atom is 0.352 e. The van der Waals surface area contributed by atoms with Crippen LogP contribution in [-0.4, -0.2) is 105 Å². The average molecular weight is 778 g/mol. The van der Waals surface area contributed by atoms with Gasteiger partial charge in [-0.05, 0) is 25.0 Å². The summed E-state index contributed by atoms with van der Waals surface area (Å²) in [4.78, 5) is 83.3. The number of nitrogens with one attached hydrogen (secondary N) is 3. The highest BCUT2D eigenvalue weighted by molar-refractivity contribution is 8.00. The van der Waals surface area contributed by atoms with Crippen molar-refractivity contribution in [3.8, 4) is 11.5 Å². The number of aromatic nitrogens is 3. The Balaban J connectivity index is 1.20. The number of thiazole rings is 1. The summed E-state index contributed by atoms with van der Waals surface area (Å²) < 4.78 is 0. The minimum absolute atomic E-state index is 0.0373. The molecule has 21 heteroatoms. The van der Waals surface area contributed by atoms with Gasteiger partial charge in [0, 0.05) is 36.4 Å². The number of aliphatic carboxylic acids is 2. The molecular formula is C33H31N9O10S2. The number of fused-ring (bicyclic) bond motifs is 2. The molecule has 19 nitrogen and oxygen atoms in total. The number of carbonyl (C=O) groups is 5. The molecule has 1 saturated heterocycles. The topological polar surface area (TPSA) is 292 Å². The molecular weight excluding hydrogens is 747 g/mol. The van der Waals surface area contributed by atoms with Gasteiger partial charge >= 0.3 is 11.9 Å². The number of nitrogens with two attached hydrogens (primary N) is 1. The molecule has 2 aliphatic heterocycles. The number of hydrogen-bond donors (Lipinski definition) is 8. The molecule has 0 radical (unpaired) electrons. The van der Waals surface area contributed by atoms with Crippen LogP contribution in [0.1, 0.15) is 35.6 Å². The summed E-state index contributed by atoms with van der Waals surface area (Å²) in [5, 5.41) is 52.1. The number of rotatable bonds is 13. The number of hydrogen-bond acceptors (Lipinski definition) is 16. The highest BCUT2D eigenvalue weighted by Crippen LogP contribution is 2.40. The summed E-state index contributed by atoms with van der Waals surface area (Å²) in [6.07, 6.45) is 0. The molecule has 9 N–H and O–H groups in total. The predicted octanol–water partition coefficient (Wildman–Crippen LogP) is 1.44. The minimum Gasteiger partial charge on any atom is -0.504 e. The summed E-state index contributed by atoms with van der Waals surface area (Å²) in [7, 11) is 0. The summed E-state index contributed by atoms with van der Waals surface area (Å²) in [5.41, 5.74) is 4.18. The highest BCUT2D eigenvalue weighted by Gasteiger charge is 2.54. The van der Waals surface area contributed by atoms with Crippen molar-refractivity contribution < 1.29 is 49.2 Å². The Labute approximate surface area is 312 Å². The van der Waals surface area contributed by atoms with Gasteiger partial charge in [-0.2, -0.15) is 0 Å². The summed E-state index contributed by atoms with van der Waals surface area (Å²) in [5.74, 6) is -6.08. The maximum absolute atomic E-state index is 13.6. The molecule has 1 unspecified atom stereocenters. The average Bonchev–Trinajstić information content (AvgIpc) is 3.57. The first kappa shape index (κ1) is 37.3. The quantitative estimate of drug-likeness (QED) is 0.0412. The molecule has 0 saturated carbocycles. The lowest BCUT2D eigenvalue weighted by Gasteiger charge is -2.49. The summed E-state index contributed by atoms with van der Waals surface area (Å²) in [6.45, 7) is 2.37. The Morgan fingerprint density at radius 1 is 1.04 bits per heavy atom. The Hall–Kier alpha value is -6.48.